The molecule has 0 aromatic heterocycles. The highest BCUT2D eigenvalue weighted by Crippen LogP contribution is 2.24. The van der Waals surface area contributed by atoms with E-state index in [2.05, 4.69) is 10.6 Å². The maximum Gasteiger partial charge on any atom is 0.405 e. The lowest BCUT2D eigenvalue weighted by atomic mass is 10.2. The molecule has 2 rings (SSSR count). The molecule has 10 heteroatoms. The molecule has 0 saturated carbocycles. The van der Waals surface area contributed by atoms with Crippen molar-refractivity contribution in [2.24, 2.45) is 0 Å². The molecule has 0 radical (unpaired) electrons. The molecule has 0 aromatic rings. The lowest BCUT2D eigenvalue weighted by Gasteiger charge is -2.36. The predicted molar refractivity (Wildman–Crippen MR) is 89.6 cm³/mol. The number of halogens is 4. The number of carbonyl (C=O) groups excluding carboxylic acids is 2. The zero-order valence-corrected chi connectivity index (χ0v) is 14.9. The topological polar surface area (TPSA) is 64.7 Å². The molecule has 1 unspecified atom stereocenters. The van der Waals surface area contributed by atoms with E-state index >= 15 is 0 Å². The number of likely N-dealkylation sites (tertiary alicyclic amines) is 1. The van der Waals surface area contributed by atoms with Crippen LogP contribution in [0.5, 0.6) is 0 Å². The molecule has 2 aliphatic rings. The van der Waals surface area contributed by atoms with Crippen LogP contribution in [0.25, 0.3) is 0 Å². The summed E-state index contributed by atoms with van der Waals surface area (Å²) in [6.07, 6.45) is -1.44. The van der Waals surface area contributed by atoms with Gasteiger partial charge in [0, 0.05) is 45.7 Å². The molecule has 2 N–H and O–H groups in total. The summed E-state index contributed by atoms with van der Waals surface area (Å²) in [6, 6.07) is -1.69. The number of hydrogen-bond donors (Lipinski definition) is 2. The minimum atomic E-state index is -4.40. The molecule has 0 aromatic carbocycles. The molecule has 0 bridgehead atoms. The molecule has 0 spiro atoms. The minimum Gasteiger partial charge on any atom is -0.353 e. The van der Waals surface area contributed by atoms with Crippen LogP contribution in [0.2, 0.25) is 0 Å². The second-order valence-corrected chi connectivity index (χ2v) is 6.27. The third kappa shape index (κ3) is 6.99. The molecular weight excluding hydrogens is 361 g/mol. The van der Waals surface area contributed by atoms with Gasteiger partial charge >= 0.3 is 6.18 Å². The molecule has 2 saturated heterocycles. The first kappa shape index (κ1) is 22.0. The Morgan fingerprint density at radius 1 is 1.16 bits per heavy atom. The Kier molecular flexibility index (Phi) is 8.95. The van der Waals surface area contributed by atoms with Crippen molar-refractivity contribution in [1.82, 2.24) is 20.4 Å². The first-order chi connectivity index (χ1) is 11.4. The molecule has 0 aliphatic carbocycles. The van der Waals surface area contributed by atoms with Gasteiger partial charge in [-0.2, -0.15) is 13.2 Å². The van der Waals surface area contributed by atoms with Gasteiger partial charge in [0.1, 0.15) is 6.04 Å². The minimum absolute atomic E-state index is 0. The van der Waals surface area contributed by atoms with Gasteiger partial charge in [0.2, 0.25) is 11.8 Å². The van der Waals surface area contributed by atoms with Crippen molar-refractivity contribution >= 4 is 24.2 Å². The van der Waals surface area contributed by atoms with Gasteiger partial charge in [0.25, 0.3) is 0 Å². The Labute approximate surface area is 151 Å². The second kappa shape index (κ2) is 10.2. The summed E-state index contributed by atoms with van der Waals surface area (Å²) >= 11 is 0. The van der Waals surface area contributed by atoms with E-state index in [1.807, 2.05) is 0 Å². The molecule has 146 valence electrons. The van der Waals surface area contributed by atoms with Crippen LogP contribution < -0.4 is 10.6 Å². The third-order valence-corrected chi connectivity index (χ3v) is 4.47. The molecule has 25 heavy (non-hydrogen) atoms. The van der Waals surface area contributed by atoms with Crippen molar-refractivity contribution < 1.29 is 22.8 Å². The maximum absolute atomic E-state index is 13.3. The Morgan fingerprint density at radius 3 is 2.48 bits per heavy atom. The summed E-state index contributed by atoms with van der Waals surface area (Å²) < 4.78 is 39.8. The lowest BCUT2D eigenvalue weighted by Crippen LogP contribution is -2.58. The number of carbonyl (C=O) groups is 2. The number of piperazine rings is 1. The molecule has 2 fully saturated rings. The van der Waals surface area contributed by atoms with E-state index in [-0.39, 0.29) is 24.9 Å². The highest BCUT2D eigenvalue weighted by Gasteiger charge is 2.43. The fourth-order valence-electron chi connectivity index (χ4n) is 3.09. The Balaban J connectivity index is 0.00000312. The number of hydrogen-bond acceptors (Lipinski definition) is 4. The second-order valence-electron chi connectivity index (χ2n) is 6.27. The largest absolute Gasteiger partial charge is 0.405 e. The van der Waals surface area contributed by atoms with E-state index in [4.69, 9.17) is 0 Å². The van der Waals surface area contributed by atoms with Gasteiger partial charge < -0.3 is 15.5 Å². The highest BCUT2D eigenvalue weighted by atomic mass is 35.5. The summed E-state index contributed by atoms with van der Waals surface area (Å²) in [4.78, 5) is 26.6. The van der Waals surface area contributed by atoms with Crippen molar-refractivity contribution in [2.75, 3.05) is 45.8 Å². The smallest absolute Gasteiger partial charge is 0.353 e. The van der Waals surface area contributed by atoms with E-state index < -0.39 is 24.7 Å². The fourth-order valence-corrected chi connectivity index (χ4v) is 3.09. The van der Waals surface area contributed by atoms with E-state index in [1.165, 1.54) is 9.80 Å². The lowest BCUT2D eigenvalue weighted by molar-refractivity contribution is -0.184. The van der Waals surface area contributed by atoms with Crippen molar-refractivity contribution in [2.45, 2.75) is 37.9 Å². The van der Waals surface area contributed by atoms with Gasteiger partial charge in [-0.15, -0.1) is 12.4 Å². The van der Waals surface area contributed by atoms with Gasteiger partial charge in [0.05, 0.1) is 6.54 Å². The van der Waals surface area contributed by atoms with Crippen LogP contribution in [0, 0.1) is 0 Å². The van der Waals surface area contributed by atoms with Crippen molar-refractivity contribution in [3.63, 3.8) is 0 Å². The van der Waals surface area contributed by atoms with Gasteiger partial charge in [-0.3, -0.25) is 14.5 Å². The average Bonchev–Trinajstić information content (AvgIpc) is 2.72. The van der Waals surface area contributed by atoms with Crippen molar-refractivity contribution in [1.29, 1.82) is 0 Å². The zero-order valence-electron chi connectivity index (χ0n) is 14.1. The van der Waals surface area contributed by atoms with E-state index in [1.54, 1.807) is 0 Å². The number of alkyl halides is 3. The summed E-state index contributed by atoms with van der Waals surface area (Å²) in [5.41, 5.74) is 0. The quantitative estimate of drug-likeness (QED) is 0.732. The molecule has 2 amide bonds. The van der Waals surface area contributed by atoms with E-state index in [0.717, 1.165) is 19.3 Å². The maximum atomic E-state index is 13.3. The Morgan fingerprint density at radius 2 is 1.84 bits per heavy atom. The van der Waals surface area contributed by atoms with Gasteiger partial charge in [-0.1, -0.05) is 6.42 Å². The normalized spacial score (nSPS) is 21.2. The van der Waals surface area contributed by atoms with Crippen LogP contribution in [0.4, 0.5) is 13.2 Å². The standard InChI is InChI=1S/C15H25F3N4O2.ClH/c16-15(17,18)12(21-8-5-19-6-9-21)10-20-13(23)11-22-7-3-1-2-4-14(22)24;/h12,19H,1-11H2,(H,20,23);1H. The highest BCUT2D eigenvalue weighted by molar-refractivity contribution is 5.85. The predicted octanol–water partition coefficient (Wildman–Crippen LogP) is 0.763. The monoisotopic (exact) mass is 386 g/mol. The van der Waals surface area contributed by atoms with Crippen LogP contribution in [-0.4, -0.2) is 79.6 Å². The van der Waals surface area contributed by atoms with E-state index in [9.17, 15) is 22.8 Å². The summed E-state index contributed by atoms with van der Waals surface area (Å²) in [6.45, 7) is 1.45. The van der Waals surface area contributed by atoms with E-state index in [0.29, 0.717) is 39.1 Å². The first-order valence-electron chi connectivity index (χ1n) is 8.44. The SMILES string of the molecule is Cl.O=C(CN1CCCCCC1=O)NCC(N1CCNCC1)C(F)(F)F. The van der Waals surface area contributed by atoms with Gasteiger partial charge in [-0.25, -0.2) is 0 Å². The Hall–Kier alpha value is -1.06. The molecule has 2 aliphatic heterocycles. The average molecular weight is 387 g/mol. The van der Waals surface area contributed by atoms with Gasteiger partial charge in [-0.05, 0) is 12.8 Å². The Bertz CT molecular complexity index is 445. The van der Waals surface area contributed by atoms with Crippen LogP contribution in [0.1, 0.15) is 25.7 Å². The molecule has 2 heterocycles. The van der Waals surface area contributed by atoms with Crippen LogP contribution >= 0.6 is 12.4 Å². The van der Waals surface area contributed by atoms with Gasteiger partial charge in [0.15, 0.2) is 0 Å². The van der Waals surface area contributed by atoms with Crippen LogP contribution in [0.15, 0.2) is 0 Å². The first-order valence-corrected chi connectivity index (χ1v) is 8.44. The fraction of sp³-hybridized carbons (Fsp3) is 0.867. The third-order valence-electron chi connectivity index (χ3n) is 4.47. The molecular formula is C15H26ClF3N4O2. The molecule has 6 nitrogen and oxygen atoms in total. The van der Waals surface area contributed by atoms with Crippen LogP contribution in [-0.2, 0) is 9.59 Å². The van der Waals surface area contributed by atoms with Crippen molar-refractivity contribution in [3.8, 4) is 0 Å². The number of nitrogens with one attached hydrogen (secondary N) is 2. The van der Waals surface area contributed by atoms with Crippen LogP contribution in [0.3, 0.4) is 0 Å². The molecule has 1 atom stereocenters. The summed E-state index contributed by atoms with van der Waals surface area (Å²) in [5.74, 6) is -0.633. The number of rotatable bonds is 5. The number of amides is 2. The zero-order chi connectivity index (χ0) is 17.6. The number of nitrogens with zero attached hydrogens (tertiary/aromatic N) is 2. The summed E-state index contributed by atoms with van der Waals surface area (Å²) in [7, 11) is 0. The van der Waals surface area contributed by atoms with Crippen molar-refractivity contribution in [3.05, 3.63) is 0 Å². The summed E-state index contributed by atoms with van der Waals surface area (Å²) in [5, 5.41) is 5.37.